The van der Waals surface area contributed by atoms with Crippen LogP contribution in [0, 0.1) is 6.92 Å². The lowest BCUT2D eigenvalue weighted by Gasteiger charge is -2.06. The number of nitrogens with one attached hydrogen (secondary N) is 1. The molecule has 4 aromatic rings. The lowest BCUT2D eigenvalue weighted by atomic mass is 10.2. The number of hydrogen-bond donors (Lipinski definition) is 1. The molecule has 0 saturated heterocycles. The molecule has 27 heavy (non-hydrogen) atoms. The number of aromatic nitrogens is 3. The largest absolute Gasteiger partial charge is 0.497 e. The molecule has 4 rings (SSSR count). The number of anilines is 2. The molecule has 0 aliphatic heterocycles. The van der Waals surface area contributed by atoms with Crippen LogP contribution in [0.1, 0.15) is 11.3 Å². The lowest BCUT2D eigenvalue weighted by molar-refractivity contribution is 0.414. The van der Waals surface area contributed by atoms with Crippen LogP contribution in [-0.2, 0) is 6.54 Å². The van der Waals surface area contributed by atoms with Crippen LogP contribution in [0.2, 0.25) is 0 Å². The predicted molar refractivity (Wildman–Crippen MR) is 110 cm³/mol. The van der Waals surface area contributed by atoms with E-state index in [9.17, 15) is 0 Å². The molecule has 2 aromatic carbocycles. The van der Waals surface area contributed by atoms with Gasteiger partial charge in [0.15, 0.2) is 5.13 Å². The SMILES string of the molecule is COc1ccc(Cn2ncc(-c3csc(Nc4ccccc4)n3)c2C)cc1. The molecular formula is C21H20N4OS. The van der Waals surface area contributed by atoms with Gasteiger partial charge in [0.25, 0.3) is 0 Å². The van der Waals surface area contributed by atoms with Crippen LogP contribution in [0.3, 0.4) is 0 Å². The molecule has 2 heterocycles. The van der Waals surface area contributed by atoms with Gasteiger partial charge in [-0.25, -0.2) is 4.98 Å². The van der Waals surface area contributed by atoms with E-state index in [-0.39, 0.29) is 0 Å². The molecule has 5 nitrogen and oxygen atoms in total. The Balaban J connectivity index is 1.51. The number of methoxy groups -OCH3 is 1. The molecule has 0 atom stereocenters. The summed E-state index contributed by atoms with van der Waals surface area (Å²) in [6.07, 6.45) is 1.89. The monoisotopic (exact) mass is 376 g/mol. The zero-order valence-corrected chi connectivity index (χ0v) is 16.0. The normalized spacial score (nSPS) is 10.7. The molecule has 136 valence electrons. The summed E-state index contributed by atoms with van der Waals surface area (Å²) in [5.74, 6) is 0.859. The van der Waals surface area contributed by atoms with Crippen molar-refractivity contribution >= 4 is 22.2 Å². The topological polar surface area (TPSA) is 52.0 Å². The predicted octanol–water partition coefficient (Wildman–Crippen LogP) is 5.12. The average Bonchev–Trinajstić information content (AvgIpc) is 3.30. The third kappa shape index (κ3) is 3.85. The van der Waals surface area contributed by atoms with Gasteiger partial charge in [0.05, 0.1) is 25.5 Å². The second-order valence-corrected chi connectivity index (χ2v) is 7.04. The number of benzene rings is 2. The zero-order valence-electron chi connectivity index (χ0n) is 15.2. The van der Waals surface area contributed by atoms with E-state index < -0.39 is 0 Å². The summed E-state index contributed by atoms with van der Waals surface area (Å²) in [5.41, 5.74) is 5.31. The summed E-state index contributed by atoms with van der Waals surface area (Å²) in [5, 5.41) is 10.8. The van der Waals surface area contributed by atoms with Crippen LogP contribution < -0.4 is 10.1 Å². The molecule has 0 unspecified atom stereocenters. The summed E-state index contributed by atoms with van der Waals surface area (Å²) < 4.78 is 7.22. The molecule has 0 fully saturated rings. The van der Waals surface area contributed by atoms with Crippen LogP contribution in [0.15, 0.2) is 66.2 Å². The molecule has 0 aliphatic rings. The van der Waals surface area contributed by atoms with Crippen LogP contribution in [0.25, 0.3) is 11.3 Å². The highest BCUT2D eigenvalue weighted by Crippen LogP contribution is 2.29. The van der Waals surface area contributed by atoms with Crippen LogP contribution >= 0.6 is 11.3 Å². The summed E-state index contributed by atoms with van der Waals surface area (Å²) >= 11 is 1.59. The molecule has 0 aliphatic carbocycles. The van der Waals surface area contributed by atoms with Gasteiger partial charge >= 0.3 is 0 Å². The van der Waals surface area contributed by atoms with E-state index in [1.165, 1.54) is 5.56 Å². The van der Waals surface area contributed by atoms with Gasteiger partial charge in [0.2, 0.25) is 0 Å². The molecule has 0 radical (unpaired) electrons. The quantitative estimate of drug-likeness (QED) is 0.508. The summed E-state index contributed by atoms with van der Waals surface area (Å²) in [4.78, 5) is 4.72. The Kier molecular flexibility index (Phi) is 4.89. The molecule has 0 amide bonds. The van der Waals surface area contributed by atoms with Crippen molar-refractivity contribution in [2.75, 3.05) is 12.4 Å². The minimum Gasteiger partial charge on any atom is -0.497 e. The van der Waals surface area contributed by atoms with Crippen LogP contribution in [0.4, 0.5) is 10.8 Å². The van der Waals surface area contributed by atoms with Crippen molar-refractivity contribution in [1.82, 2.24) is 14.8 Å². The van der Waals surface area contributed by atoms with E-state index in [4.69, 9.17) is 9.72 Å². The third-order valence-electron chi connectivity index (χ3n) is 4.40. The third-order valence-corrected chi connectivity index (χ3v) is 5.16. The highest BCUT2D eigenvalue weighted by Gasteiger charge is 2.12. The first-order chi connectivity index (χ1) is 13.2. The van der Waals surface area contributed by atoms with Gasteiger partial charge in [-0.15, -0.1) is 11.3 Å². The van der Waals surface area contributed by atoms with E-state index in [2.05, 4.69) is 34.9 Å². The highest BCUT2D eigenvalue weighted by molar-refractivity contribution is 7.14. The van der Waals surface area contributed by atoms with Gasteiger partial charge in [-0.1, -0.05) is 30.3 Å². The van der Waals surface area contributed by atoms with Gasteiger partial charge in [0, 0.05) is 22.3 Å². The van der Waals surface area contributed by atoms with Crippen molar-refractivity contribution in [3.05, 3.63) is 77.4 Å². The minimum atomic E-state index is 0.717. The van der Waals surface area contributed by atoms with Gasteiger partial charge < -0.3 is 10.1 Å². The Morgan fingerprint density at radius 2 is 1.85 bits per heavy atom. The van der Waals surface area contributed by atoms with Gasteiger partial charge in [0.1, 0.15) is 5.75 Å². The number of thiazole rings is 1. The Bertz CT molecular complexity index is 1020. The van der Waals surface area contributed by atoms with E-state index in [0.717, 1.165) is 40.1 Å². The molecule has 1 N–H and O–H groups in total. The zero-order chi connectivity index (χ0) is 18.6. The number of hydrogen-bond acceptors (Lipinski definition) is 5. The smallest absolute Gasteiger partial charge is 0.187 e. The first-order valence-corrected chi connectivity index (χ1v) is 9.54. The fourth-order valence-corrected chi connectivity index (χ4v) is 3.59. The van der Waals surface area contributed by atoms with E-state index in [0.29, 0.717) is 0 Å². The highest BCUT2D eigenvalue weighted by atomic mass is 32.1. The second kappa shape index (κ2) is 7.63. The molecule has 0 bridgehead atoms. The molecule has 6 heteroatoms. The van der Waals surface area contributed by atoms with E-state index in [1.807, 2.05) is 53.3 Å². The number of rotatable bonds is 6. The van der Waals surface area contributed by atoms with Crippen molar-refractivity contribution in [3.63, 3.8) is 0 Å². The Hall–Kier alpha value is -3.12. The van der Waals surface area contributed by atoms with E-state index in [1.54, 1.807) is 18.4 Å². The van der Waals surface area contributed by atoms with Crippen molar-refractivity contribution in [3.8, 4) is 17.0 Å². The molecule has 0 saturated carbocycles. The Labute approximate surface area is 162 Å². The molecule has 2 aromatic heterocycles. The second-order valence-electron chi connectivity index (χ2n) is 6.18. The average molecular weight is 376 g/mol. The summed E-state index contributed by atoms with van der Waals surface area (Å²) in [6, 6.07) is 18.1. The maximum atomic E-state index is 5.21. The van der Waals surface area contributed by atoms with Gasteiger partial charge in [-0.2, -0.15) is 5.10 Å². The van der Waals surface area contributed by atoms with Crippen molar-refractivity contribution in [1.29, 1.82) is 0 Å². The van der Waals surface area contributed by atoms with Crippen molar-refractivity contribution < 1.29 is 4.74 Å². The lowest BCUT2D eigenvalue weighted by Crippen LogP contribution is -2.03. The maximum Gasteiger partial charge on any atom is 0.187 e. The fraction of sp³-hybridized carbons (Fsp3) is 0.143. The summed E-state index contributed by atoms with van der Waals surface area (Å²) in [6.45, 7) is 2.80. The first kappa shape index (κ1) is 17.3. The van der Waals surface area contributed by atoms with Crippen LogP contribution in [0.5, 0.6) is 5.75 Å². The van der Waals surface area contributed by atoms with Crippen molar-refractivity contribution in [2.24, 2.45) is 0 Å². The fourth-order valence-electron chi connectivity index (χ4n) is 2.86. The Morgan fingerprint density at radius 1 is 1.07 bits per heavy atom. The first-order valence-electron chi connectivity index (χ1n) is 8.66. The van der Waals surface area contributed by atoms with Gasteiger partial charge in [-0.3, -0.25) is 4.68 Å². The van der Waals surface area contributed by atoms with Crippen molar-refractivity contribution in [2.45, 2.75) is 13.5 Å². The Morgan fingerprint density at radius 3 is 2.59 bits per heavy atom. The number of ether oxygens (including phenoxy) is 1. The standard InChI is InChI=1S/C21H20N4OS/c1-15-19(12-22-25(15)13-16-8-10-18(26-2)11-9-16)20-14-27-21(24-20)23-17-6-4-3-5-7-17/h3-12,14H,13H2,1-2H3,(H,23,24). The van der Waals surface area contributed by atoms with Gasteiger partial charge in [-0.05, 0) is 36.8 Å². The maximum absolute atomic E-state index is 5.21. The molecular weight excluding hydrogens is 356 g/mol. The number of nitrogens with zero attached hydrogens (tertiary/aromatic N) is 3. The van der Waals surface area contributed by atoms with Crippen LogP contribution in [-0.4, -0.2) is 21.9 Å². The number of para-hydroxylation sites is 1. The minimum absolute atomic E-state index is 0.717. The summed E-state index contributed by atoms with van der Waals surface area (Å²) in [7, 11) is 1.67. The molecule has 0 spiro atoms. The van der Waals surface area contributed by atoms with E-state index >= 15 is 0 Å².